The molecular formula is C13H16F2N2O2. The quantitative estimate of drug-likeness (QED) is 0.882. The molecule has 19 heavy (non-hydrogen) atoms. The minimum atomic E-state index is -2.91. The van der Waals surface area contributed by atoms with Crippen LogP contribution in [0, 0.1) is 5.92 Å². The minimum Gasteiger partial charge on any atom is -0.433 e. The first-order valence-corrected chi connectivity index (χ1v) is 6.16. The third-order valence-electron chi connectivity index (χ3n) is 3.22. The van der Waals surface area contributed by atoms with Gasteiger partial charge in [0.05, 0.1) is 11.6 Å². The van der Waals surface area contributed by atoms with Crippen LogP contribution in [0.1, 0.15) is 13.3 Å². The molecule has 0 aromatic heterocycles. The lowest BCUT2D eigenvalue weighted by molar-refractivity contribution is -0.120. The Labute approximate surface area is 110 Å². The summed E-state index contributed by atoms with van der Waals surface area (Å²) in [6, 6.07) is 6.26. The maximum atomic E-state index is 12.3. The van der Waals surface area contributed by atoms with Gasteiger partial charge >= 0.3 is 6.61 Å². The van der Waals surface area contributed by atoms with Crippen molar-refractivity contribution in [1.29, 1.82) is 0 Å². The highest BCUT2D eigenvalue weighted by molar-refractivity contribution is 5.94. The SMILES string of the molecule is CC1NCCC1C(=O)Nc1ccccc1OC(F)F. The van der Waals surface area contributed by atoms with Gasteiger partial charge in [-0.05, 0) is 32.0 Å². The number of hydrogen-bond acceptors (Lipinski definition) is 3. The van der Waals surface area contributed by atoms with Gasteiger partial charge in [-0.15, -0.1) is 0 Å². The first-order valence-electron chi connectivity index (χ1n) is 6.16. The molecule has 0 saturated carbocycles. The molecule has 2 rings (SSSR count). The van der Waals surface area contributed by atoms with Crippen LogP contribution >= 0.6 is 0 Å². The third kappa shape index (κ3) is 3.41. The van der Waals surface area contributed by atoms with Gasteiger partial charge in [-0.25, -0.2) is 0 Å². The average Bonchev–Trinajstić information content (AvgIpc) is 2.77. The van der Waals surface area contributed by atoms with Crippen LogP contribution in [-0.4, -0.2) is 25.1 Å². The van der Waals surface area contributed by atoms with E-state index in [1.54, 1.807) is 18.2 Å². The molecule has 2 atom stereocenters. The standard InChI is InChI=1S/C13H16F2N2O2/c1-8-9(6-7-16-8)12(18)17-10-4-2-3-5-11(10)19-13(14)15/h2-5,8-9,13,16H,6-7H2,1H3,(H,17,18). The van der Waals surface area contributed by atoms with E-state index in [1.807, 2.05) is 6.92 Å². The molecule has 0 bridgehead atoms. The maximum absolute atomic E-state index is 12.3. The van der Waals surface area contributed by atoms with Crippen LogP contribution in [-0.2, 0) is 4.79 Å². The number of rotatable bonds is 4. The number of alkyl halides is 2. The van der Waals surface area contributed by atoms with Crippen LogP contribution in [0.5, 0.6) is 5.75 Å². The lowest BCUT2D eigenvalue weighted by atomic mass is 10.0. The second-order valence-electron chi connectivity index (χ2n) is 4.50. The van der Waals surface area contributed by atoms with E-state index >= 15 is 0 Å². The molecule has 4 nitrogen and oxygen atoms in total. The van der Waals surface area contributed by atoms with Crippen molar-refractivity contribution in [2.45, 2.75) is 26.0 Å². The fourth-order valence-electron chi connectivity index (χ4n) is 2.21. The van der Waals surface area contributed by atoms with Gasteiger partial charge in [-0.1, -0.05) is 12.1 Å². The second-order valence-corrected chi connectivity index (χ2v) is 4.50. The Morgan fingerprint density at radius 3 is 2.84 bits per heavy atom. The summed E-state index contributed by atoms with van der Waals surface area (Å²) < 4.78 is 28.9. The van der Waals surface area contributed by atoms with Crippen molar-refractivity contribution in [3.05, 3.63) is 24.3 Å². The molecular weight excluding hydrogens is 254 g/mol. The van der Waals surface area contributed by atoms with Crippen LogP contribution in [0.4, 0.5) is 14.5 Å². The minimum absolute atomic E-state index is 0.0236. The average molecular weight is 270 g/mol. The summed E-state index contributed by atoms with van der Waals surface area (Å²) in [7, 11) is 0. The Morgan fingerprint density at radius 2 is 2.21 bits per heavy atom. The largest absolute Gasteiger partial charge is 0.433 e. The van der Waals surface area contributed by atoms with Gasteiger partial charge in [0, 0.05) is 6.04 Å². The molecule has 2 N–H and O–H groups in total. The molecule has 0 radical (unpaired) electrons. The number of anilines is 1. The highest BCUT2D eigenvalue weighted by atomic mass is 19.3. The number of halogens is 2. The van der Waals surface area contributed by atoms with Gasteiger partial charge in [0.2, 0.25) is 5.91 Å². The Balaban J connectivity index is 2.08. The summed E-state index contributed by atoms with van der Waals surface area (Å²) in [4.78, 5) is 12.1. The van der Waals surface area contributed by atoms with E-state index in [-0.39, 0.29) is 29.3 Å². The summed E-state index contributed by atoms with van der Waals surface area (Å²) in [5.41, 5.74) is 0.270. The number of ether oxygens (including phenoxy) is 1. The molecule has 1 aromatic carbocycles. The summed E-state index contributed by atoms with van der Waals surface area (Å²) in [5, 5.41) is 5.82. The number of carbonyl (C=O) groups is 1. The van der Waals surface area contributed by atoms with Crippen LogP contribution in [0.3, 0.4) is 0 Å². The van der Waals surface area contributed by atoms with E-state index in [4.69, 9.17) is 0 Å². The Morgan fingerprint density at radius 1 is 1.47 bits per heavy atom. The van der Waals surface area contributed by atoms with Crippen molar-refractivity contribution in [3.63, 3.8) is 0 Å². The van der Waals surface area contributed by atoms with Crippen LogP contribution < -0.4 is 15.4 Å². The number of carbonyl (C=O) groups excluding carboxylic acids is 1. The lowest BCUT2D eigenvalue weighted by Crippen LogP contribution is -2.32. The molecule has 1 aliphatic heterocycles. The Bertz CT molecular complexity index is 454. The fraction of sp³-hybridized carbons (Fsp3) is 0.462. The van der Waals surface area contributed by atoms with E-state index in [9.17, 15) is 13.6 Å². The topological polar surface area (TPSA) is 50.4 Å². The zero-order chi connectivity index (χ0) is 13.8. The molecule has 1 saturated heterocycles. The first kappa shape index (κ1) is 13.7. The molecule has 1 heterocycles. The molecule has 1 aliphatic rings. The van der Waals surface area contributed by atoms with Gasteiger partial charge in [0.25, 0.3) is 0 Å². The number of para-hydroxylation sites is 2. The molecule has 6 heteroatoms. The Kier molecular flexibility index (Phi) is 4.31. The van der Waals surface area contributed by atoms with Crippen molar-refractivity contribution in [3.8, 4) is 5.75 Å². The van der Waals surface area contributed by atoms with E-state index in [2.05, 4.69) is 15.4 Å². The highest BCUT2D eigenvalue weighted by Gasteiger charge is 2.29. The fourth-order valence-corrected chi connectivity index (χ4v) is 2.21. The van der Waals surface area contributed by atoms with Crippen molar-refractivity contribution in [1.82, 2.24) is 5.32 Å². The van der Waals surface area contributed by atoms with Crippen molar-refractivity contribution in [2.75, 3.05) is 11.9 Å². The normalized spacial score (nSPS) is 22.5. The number of hydrogen-bond donors (Lipinski definition) is 2. The van der Waals surface area contributed by atoms with E-state index in [0.29, 0.717) is 0 Å². The summed E-state index contributed by atoms with van der Waals surface area (Å²) >= 11 is 0. The molecule has 104 valence electrons. The predicted octanol–water partition coefficient (Wildman–Crippen LogP) is 2.22. The molecule has 1 aromatic rings. The monoisotopic (exact) mass is 270 g/mol. The molecule has 1 amide bonds. The third-order valence-corrected chi connectivity index (χ3v) is 3.22. The predicted molar refractivity (Wildman–Crippen MR) is 67.3 cm³/mol. The summed E-state index contributed by atoms with van der Waals surface area (Å²) in [5.74, 6) is -0.355. The number of nitrogens with one attached hydrogen (secondary N) is 2. The maximum Gasteiger partial charge on any atom is 0.387 e. The number of amides is 1. The highest BCUT2D eigenvalue weighted by Crippen LogP contribution is 2.27. The summed E-state index contributed by atoms with van der Waals surface area (Å²) in [6.07, 6.45) is 0.741. The van der Waals surface area contributed by atoms with Crippen LogP contribution in [0.2, 0.25) is 0 Å². The smallest absolute Gasteiger partial charge is 0.387 e. The van der Waals surface area contributed by atoms with Gasteiger partial charge in [-0.3, -0.25) is 4.79 Å². The summed E-state index contributed by atoms with van der Waals surface area (Å²) in [6.45, 7) is -0.196. The molecule has 0 aliphatic carbocycles. The van der Waals surface area contributed by atoms with Crippen molar-refractivity contribution >= 4 is 11.6 Å². The van der Waals surface area contributed by atoms with Crippen molar-refractivity contribution < 1.29 is 18.3 Å². The Hall–Kier alpha value is -1.69. The van der Waals surface area contributed by atoms with E-state index in [0.717, 1.165) is 13.0 Å². The van der Waals surface area contributed by atoms with Gasteiger partial charge in [-0.2, -0.15) is 8.78 Å². The molecule has 2 unspecified atom stereocenters. The zero-order valence-corrected chi connectivity index (χ0v) is 10.5. The van der Waals surface area contributed by atoms with E-state index in [1.165, 1.54) is 6.07 Å². The van der Waals surface area contributed by atoms with Gasteiger partial charge in [0.15, 0.2) is 0 Å². The van der Waals surface area contributed by atoms with Gasteiger partial charge < -0.3 is 15.4 Å². The molecule has 0 spiro atoms. The van der Waals surface area contributed by atoms with E-state index < -0.39 is 6.61 Å². The first-order chi connectivity index (χ1) is 9.08. The lowest BCUT2D eigenvalue weighted by Gasteiger charge is -2.16. The zero-order valence-electron chi connectivity index (χ0n) is 10.5. The number of benzene rings is 1. The van der Waals surface area contributed by atoms with Crippen LogP contribution in [0.25, 0.3) is 0 Å². The second kappa shape index (κ2) is 5.97. The van der Waals surface area contributed by atoms with Gasteiger partial charge in [0.1, 0.15) is 5.75 Å². The van der Waals surface area contributed by atoms with Crippen molar-refractivity contribution in [2.24, 2.45) is 5.92 Å². The molecule has 1 fully saturated rings. The van der Waals surface area contributed by atoms with Crippen LogP contribution in [0.15, 0.2) is 24.3 Å².